The molecule has 1 aliphatic rings. The third-order valence-electron chi connectivity index (χ3n) is 6.36. The molecule has 2 aromatic heterocycles. The summed E-state index contributed by atoms with van der Waals surface area (Å²) in [6.45, 7) is 0. The predicted molar refractivity (Wildman–Crippen MR) is 138 cm³/mol. The van der Waals surface area contributed by atoms with E-state index in [9.17, 15) is 4.79 Å². The van der Waals surface area contributed by atoms with Crippen molar-refractivity contribution < 1.29 is 14.3 Å². The number of hydrogen-bond acceptors (Lipinski definition) is 6. The molecule has 0 saturated heterocycles. The minimum atomic E-state index is -0.128. The van der Waals surface area contributed by atoms with Gasteiger partial charge in [-0.1, -0.05) is 43.2 Å². The van der Waals surface area contributed by atoms with Crippen LogP contribution in [0.2, 0.25) is 0 Å². The first-order chi connectivity index (χ1) is 16.6. The number of rotatable bonds is 6. The van der Waals surface area contributed by atoms with Crippen LogP contribution in [0.1, 0.15) is 35.4 Å². The maximum atomic E-state index is 13.2. The van der Waals surface area contributed by atoms with Gasteiger partial charge in [0.05, 0.1) is 25.6 Å². The number of nitrogens with two attached hydrogens (primary N) is 1. The molecular weight excluding hydrogens is 446 g/mol. The van der Waals surface area contributed by atoms with Crippen LogP contribution < -0.4 is 20.5 Å². The number of benzene rings is 2. The van der Waals surface area contributed by atoms with E-state index in [1.54, 1.807) is 14.2 Å². The lowest BCUT2D eigenvalue weighted by Crippen LogP contribution is -2.32. The number of anilines is 1. The molecule has 1 amide bonds. The smallest absolute Gasteiger partial charge is 0.263 e. The lowest BCUT2D eigenvalue weighted by atomic mass is 9.98. The van der Waals surface area contributed by atoms with Gasteiger partial charge in [0.25, 0.3) is 5.91 Å². The molecule has 0 bridgehead atoms. The zero-order valence-corrected chi connectivity index (χ0v) is 20.1. The molecule has 4 aromatic rings. The Labute approximate surface area is 202 Å². The van der Waals surface area contributed by atoms with Crippen molar-refractivity contribution in [1.82, 2.24) is 10.3 Å². The average Bonchev–Trinajstić information content (AvgIpc) is 3.51. The first-order valence-electron chi connectivity index (χ1n) is 11.4. The topological polar surface area (TPSA) is 86.5 Å². The summed E-state index contributed by atoms with van der Waals surface area (Å²) < 4.78 is 11.2. The number of nitrogens with one attached hydrogen (secondary N) is 1. The van der Waals surface area contributed by atoms with Gasteiger partial charge in [-0.2, -0.15) is 0 Å². The third kappa shape index (κ3) is 4.07. The van der Waals surface area contributed by atoms with Gasteiger partial charge in [-0.3, -0.25) is 4.79 Å². The maximum absolute atomic E-state index is 13.2. The van der Waals surface area contributed by atoms with Gasteiger partial charge in [0.1, 0.15) is 21.2 Å². The Balaban J connectivity index is 1.72. The van der Waals surface area contributed by atoms with E-state index in [2.05, 4.69) is 5.32 Å². The van der Waals surface area contributed by atoms with Crippen LogP contribution in [-0.4, -0.2) is 31.2 Å². The molecule has 1 fully saturated rings. The van der Waals surface area contributed by atoms with Crippen LogP contribution in [0.4, 0.5) is 5.69 Å². The van der Waals surface area contributed by atoms with E-state index >= 15 is 0 Å². The molecule has 2 aromatic carbocycles. The van der Waals surface area contributed by atoms with Crippen LogP contribution in [0.3, 0.4) is 0 Å². The quantitative estimate of drug-likeness (QED) is 0.364. The molecule has 5 rings (SSSR count). The van der Waals surface area contributed by atoms with Gasteiger partial charge in [-0.25, -0.2) is 4.98 Å². The summed E-state index contributed by atoms with van der Waals surface area (Å²) in [7, 11) is 3.27. The van der Waals surface area contributed by atoms with E-state index in [4.69, 9.17) is 20.2 Å². The van der Waals surface area contributed by atoms with Crippen LogP contribution in [0, 0.1) is 0 Å². The second-order valence-electron chi connectivity index (χ2n) is 8.47. The van der Waals surface area contributed by atoms with E-state index in [-0.39, 0.29) is 11.9 Å². The molecule has 2 heterocycles. The molecule has 1 saturated carbocycles. The second kappa shape index (κ2) is 9.35. The van der Waals surface area contributed by atoms with Gasteiger partial charge in [0.2, 0.25) is 0 Å². The number of ether oxygens (including phenoxy) is 2. The molecule has 0 unspecified atom stereocenters. The summed E-state index contributed by atoms with van der Waals surface area (Å²) in [5.41, 5.74) is 10.6. The molecule has 1 aliphatic carbocycles. The Morgan fingerprint density at radius 3 is 2.50 bits per heavy atom. The van der Waals surface area contributed by atoms with Crippen LogP contribution >= 0.6 is 11.3 Å². The van der Waals surface area contributed by atoms with Crippen LogP contribution in [-0.2, 0) is 0 Å². The van der Waals surface area contributed by atoms with Crippen LogP contribution in [0.25, 0.3) is 32.6 Å². The minimum absolute atomic E-state index is 0.128. The lowest BCUT2D eigenvalue weighted by Gasteiger charge is -2.14. The van der Waals surface area contributed by atoms with Crippen molar-refractivity contribution in [2.75, 3.05) is 20.0 Å². The van der Waals surface area contributed by atoms with E-state index in [1.807, 2.05) is 54.6 Å². The number of methoxy groups -OCH3 is 2. The fraction of sp³-hybridized carbons (Fsp3) is 0.259. The third-order valence-corrected chi connectivity index (χ3v) is 7.46. The Morgan fingerprint density at radius 2 is 1.79 bits per heavy atom. The Kier molecular flexibility index (Phi) is 6.11. The first kappa shape index (κ1) is 22.2. The van der Waals surface area contributed by atoms with Crippen molar-refractivity contribution in [3.8, 4) is 33.9 Å². The summed E-state index contributed by atoms with van der Waals surface area (Å²) in [6.07, 6.45) is 4.32. The number of fused-ring (bicyclic) bond motifs is 1. The molecule has 0 aliphatic heterocycles. The van der Waals surface area contributed by atoms with E-state index in [0.717, 1.165) is 58.3 Å². The fourth-order valence-electron chi connectivity index (χ4n) is 4.60. The van der Waals surface area contributed by atoms with E-state index in [0.29, 0.717) is 22.1 Å². The highest BCUT2D eigenvalue weighted by Crippen LogP contribution is 2.44. The van der Waals surface area contributed by atoms with Gasteiger partial charge < -0.3 is 20.5 Å². The molecule has 6 nitrogen and oxygen atoms in total. The molecule has 7 heteroatoms. The number of nitrogens with zero attached hydrogens (tertiary/aromatic N) is 1. The van der Waals surface area contributed by atoms with Crippen molar-refractivity contribution >= 4 is 33.1 Å². The number of thiophene rings is 1. The first-order valence-corrected chi connectivity index (χ1v) is 12.2. The molecule has 0 spiro atoms. The number of aromatic nitrogens is 1. The summed E-state index contributed by atoms with van der Waals surface area (Å²) in [4.78, 5) is 19.3. The molecule has 0 atom stereocenters. The zero-order chi connectivity index (χ0) is 23.7. The molecular formula is C27H27N3O3S. The number of carbonyl (C=O) groups excluding carboxylic acids is 1. The highest BCUT2D eigenvalue weighted by Gasteiger charge is 2.25. The summed E-state index contributed by atoms with van der Waals surface area (Å²) in [5.74, 6) is 1.27. The average molecular weight is 474 g/mol. The number of amides is 1. The van der Waals surface area contributed by atoms with Crippen LogP contribution in [0.15, 0.2) is 54.6 Å². The highest BCUT2D eigenvalue weighted by molar-refractivity contribution is 7.21. The molecule has 174 valence electrons. The number of carbonyl (C=O) groups is 1. The van der Waals surface area contributed by atoms with Gasteiger partial charge >= 0.3 is 0 Å². The summed E-state index contributed by atoms with van der Waals surface area (Å²) in [6, 6.07) is 17.9. The Hall–Kier alpha value is -3.58. The van der Waals surface area contributed by atoms with Crippen molar-refractivity contribution in [2.45, 2.75) is 31.7 Å². The Bertz CT molecular complexity index is 1340. The zero-order valence-electron chi connectivity index (χ0n) is 19.3. The molecule has 3 N–H and O–H groups in total. The standard InChI is InChI=1S/C27H27N3O3S/c1-32-18-12-13-22(33-2)19(14-18)20-15-21(16-8-4-3-5-9-16)30-27-23(20)24(28)25(34-27)26(31)29-17-10-6-7-11-17/h3-5,8-9,12-15,17H,6-7,10-11,28H2,1-2H3,(H,29,31). The Morgan fingerprint density at radius 1 is 1.03 bits per heavy atom. The monoisotopic (exact) mass is 473 g/mol. The molecule has 34 heavy (non-hydrogen) atoms. The summed E-state index contributed by atoms with van der Waals surface area (Å²) >= 11 is 1.34. The van der Waals surface area contributed by atoms with Gasteiger partial charge in [0, 0.05) is 28.1 Å². The normalized spacial score (nSPS) is 13.8. The van der Waals surface area contributed by atoms with Crippen molar-refractivity contribution in [2.24, 2.45) is 0 Å². The van der Waals surface area contributed by atoms with Gasteiger partial charge in [-0.05, 0) is 37.1 Å². The minimum Gasteiger partial charge on any atom is -0.497 e. The van der Waals surface area contributed by atoms with Crippen molar-refractivity contribution in [3.63, 3.8) is 0 Å². The highest BCUT2D eigenvalue weighted by atomic mass is 32.1. The van der Waals surface area contributed by atoms with E-state index in [1.165, 1.54) is 11.3 Å². The van der Waals surface area contributed by atoms with Gasteiger partial charge in [0.15, 0.2) is 0 Å². The molecule has 0 radical (unpaired) electrons. The number of nitrogen functional groups attached to an aromatic ring is 1. The van der Waals surface area contributed by atoms with Crippen molar-refractivity contribution in [1.29, 1.82) is 0 Å². The van der Waals surface area contributed by atoms with E-state index < -0.39 is 0 Å². The largest absolute Gasteiger partial charge is 0.497 e. The fourth-order valence-corrected chi connectivity index (χ4v) is 5.63. The van der Waals surface area contributed by atoms with Crippen molar-refractivity contribution in [3.05, 3.63) is 59.5 Å². The maximum Gasteiger partial charge on any atom is 0.263 e. The predicted octanol–water partition coefficient (Wildman–Crippen LogP) is 5.90. The lowest BCUT2D eigenvalue weighted by molar-refractivity contribution is 0.0943. The SMILES string of the molecule is COc1ccc(OC)c(-c2cc(-c3ccccc3)nc3sc(C(=O)NC4CCCC4)c(N)c23)c1. The number of hydrogen-bond donors (Lipinski definition) is 2. The summed E-state index contributed by atoms with van der Waals surface area (Å²) in [5, 5.41) is 3.92. The van der Waals surface area contributed by atoms with Crippen LogP contribution in [0.5, 0.6) is 11.5 Å². The second-order valence-corrected chi connectivity index (χ2v) is 9.47. The number of pyridine rings is 1. The van der Waals surface area contributed by atoms with Gasteiger partial charge in [-0.15, -0.1) is 11.3 Å².